The number of hydrogen-bond donors (Lipinski definition) is 0. The van der Waals surface area contributed by atoms with Gasteiger partial charge in [-0.3, -0.25) is 4.18 Å². The van der Waals surface area contributed by atoms with E-state index in [0.717, 1.165) is 18.4 Å². The molecule has 0 unspecified atom stereocenters. The third kappa shape index (κ3) is 7.44. The zero-order valence-corrected chi connectivity index (χ0v) is 20.9. The van der Waals surface area contributed by atoms with Gasteiger partial charge in [-0.2, -0.15) is 8.42 Å². The highest BCUT2D eigenvalue weighted by Gasteiger charge is 2.30. The van der Waals surface area contributed by atoms with Crippen LogP contribution in [0.1, 0.15) is 57.3 Å². The summed E-state index contributed by atoms with van der Waals surface area (Å²) in [6.45, 7) is 6.28. The van der Waals surface area contributed by atoms with Gasteiger partial charge in [0.25, 0.3) is 16.5 Å². The fourth-order valence-corrected chi connectivity index (χ4v) is 4.26. The molecular weight excluding hydrogens is 487 g/mol. The Labute approximate surface area is 203 Å². The minimum Gasteiger partial charge on any atom is -0.444 e. The number of benzene rings is 1. The molecule has 0 spiro atoms. The summed E-state index contributed by atoms with van der Waals surface area (Å²) in [4.78, 5) is 18.6. The molecule has 2 heterocycles. The van der Waals surface area contributed by atoms with Crippen LogP contribution < -0.4 is 0 Å². The van der Waals surface area contributed by atoms with Crippen molar-refractivity contribution in [3.8, 4) is 11.3 Å². The predicted molar refractivity (Wildman–Crippen MR) is 123 cm³/mol. The number of likely N-dealkylation sites (tertiary alicyclic amines) is 1. The van der Waals surface area contributed by atoms with Crippen molar-refractivity contribution >= 4 is 16.2 Å². The molecule has 2 aromatic rings. The molecule has 3 rings (SSSR count). The van der Waals surface area contributed by atoms with Crippen LogP contribution >= 0.6 is 0 Å². The van der Waals surface area contributed by atoms with E-state index in [9.17, 15) is 26.4 Å². The van der Waals surface area contributed by atoms with E-state index in [1.807, 2.05) is 0 Å². The highest BCUT2D eigenvalue weighted by molar-refractivity contribution is 7.85. The molecule has 0 aliphatic carbocycles. The number of amides is 1. The van der Waals surface area contributed by atoms with Crippen molar-refractivity contribution in [1.82, 2.24) is 14.5 Å². The lowest BCUT2D eigenvalue weighted by Crippen LogP contribution is -2.41. The lowest BCUT2D eigenvalue weighted by atomic mass is 9.96. The van der Waals surface area contributed by atoms with Gasteiger partial charge >= 0.3 is 6.09 Å². The van der Waals surface area contributed by atoms with E-state index in [4.69, 9.17) is 8.92 Å². The first-order chi connectivity index (χ1) is 16.2. The molecule has 12 heteroatoms. The van der Waals surface area contributed by atoms with E-state index in [1.54, 1.807) is 36.4 Å². The Morgan fingerprint density at radius 2 is 1.89 bits per heavy atom. The predicted octanol–water partition coefficient (Wildman–Crippen LogP) is 4.72. The Bertz CT molecular complexity index is 1150. The Balaban J connectivity index is 1.84. The summed E-state index contributed by atoms with van der Waals surface area (Å²) in [6.07, 6.45) is 0.348. The van der Waals surface area contributed by atoms with E-state index in [1.165, 1.54) is 6.07 Å². The SMILES string of the molecule is CC(C)(C)OC(=O)N1CCC(c2nc(-c3ccc(F)c(C(F)F)c3)cn2CCOS(C)(=O)=O)CC1. The van der Waals surface area contributed by atoms with Crippen molar-refractivity contribution in [3.63, 3.8) is 0 Å². The van der Waals surface area contributed by atoms with Crippen molar-refractivity contribution in [2.45, 2.75) is 58.1 Å². The van der Waals surface area contributed by atoms with Crippen LogP contribution in [0.3, 0.4) is 0 Å². The minimum atomic E-state index is -3.65. The van der Waals surface area contributed by atoms with Crippen molar-refractivity contribution in [1.29, 1.82) is 0 Å². The average molecular weight is 518 g/mol. The van der Waals surface area contributed by atoms with Crippen LogP contribution in [0.15, 0.2) is 24.4 Å². The van der Waals surface area contributed by atoms with Crippen molar-refractivity contribution in [2.75, 3.05) is 26.0 Å². The standard InChI is InChI=1S/C23H30F3N3O5S/c1-23(2,3)34-22(30)28-9-7-15(8-10-28)21-27-19(14-29(21)11-12-33-35(4,31)32)16-5-6-18(24)17(13-16)20(25)26/h5-6,13-15,20H,7-12H2,1-4H3. The minimum absolute atomic E-state index is 0.0734. The topological polar surface area (TPSA) is 90.7 Å². The molecule has 1 aliphatic heterocycles. The normalized spacial score (nSPS) is 15.6. The number of piperidine rings is 1. The largest absolute Gasteiger partial charge is 0.444 e. The molecule has 1 saturated heterocycles. The number of imidazole rings is 1. The monoisotopic (exact) mass is 517 g/mol. The van der Waals surface area contributed by atoms with Crippen LogP contribution in [0.25, 0.3) is 11.3 Å². The van der Waals surface area contributed by atoms with Crippen LogP contribution in [0.5, 0.6) is 0 Å². The highest BCUT2D eigenvalue weighted by atomic mass is 32.2. The third-order valence-corrected chi connectivity index (χ3v) is 6.07. The summed E-state index contributed by atoms with van der Waals surface area (Å²) in [5, 5.41) is 0. The van der Waals surface area contributed by atoms with E-state index in [0.29, 0.717) is 43.0 Å². The zero-order valence-electron chi connectivity index (χ0n) is 20.1. The van der Waals surface area contributed by atoms with Crippen LogP contribution in [0.2, 0.25) is 0 Å². The molecule has 1 fully saturated rings. The Kier molecular flexibility index (Phi) is 8.15. The number of nitrogens with zero attached hydrogens (tertiary/aromatic N) is 3. The summed E-state index contributed by atoms with van der Waals surface area (Å²) < 4.78 is 74.9. The van der Waals surface area contributed by atoms with Crippen molar-refractivity contribution in [2.24, 2.45) is 0 Å². The summed E-state index contributed by atoms with van der Waals surface area (Å²) in [7, 11) is -3.65. The van der Waals surface area contributed by atoms with Crippen LogP contribution in [0, 0.1) is 5.82 Å². The second-order valence-electron chi connectivity index (χ2n) is 9.48. The number of rotatable bonds is 7. The smallest absolute Gasteiger partial charge is 0.410 e. The summed E-state index contributed by atoms with van der Waals surface area (Å²) in [6, 6.07) is 3.41. The number of hydrogen-bond acceptors (Lipinski definition) is 6. The van der Waals surface area contributed by atoms with Crippen molar-refractivity contribution in [3.05, 3.63) is 41.6 Å². The van der Waals surface area contributed by atoms with E-state index in [-0.39, 0.29) is 19.1 Å². The Hall–Kier alpha value is -2.60. The molecule has 0 bridgehead atoms. The van der Waals surface area contributed by atoms with Gasteiger partial charge in [0.1, 0.15) is 17.2 Å². The fraction of sp³-hybridized carbons (Fsp3) is 0.565. The van der Waals surface area contributed by atoms with Gasteiger partial charge in [0.05, 0.1) is 24.1 Å². The number of ether oxygens (including phenoxy) is 1. The summed E-state index contributed by atoms with van der Waals surface area (Å²) in [5.41, 5.74) is -0.650. The molecule has 0 saturated carbocycles. The molecule has 1 aliphatic rings. The van der Waals surface area contributed by atoms with Gasteiger partial charge < -0.3 is 14.2 Å². The molecule has 194 valence electrons. The zero-order chi connectivity index (χ0) is 26.0. The molecule has 1 aromatic heterocycles. The maximum Gasteiger partial charge on any atom is 0.410 e. The summed E-state index contributed by atoms with van der Waals surface area (Å²) in [5.74, 6) is -0.459. The lowest BCUT2D eigenvalue weighted by molar-refractivity contribution is 0.0202. The third-order valence-electron chi connectivity index (χ3n) is 5.48. The average Bonchev–Trinajstić information content (AvgIpc) is 3.16. The van der Waals surface area contributed by atoms with Gasteiger partial charge in [-0.05, 0) is 51.8 Å². The van der Waals surface area contributed by atoms with Gasteiger partial charge in [-0.1, -0.05) is 0 Å². The molecule has 1 aromatic carbocycles. The molecular formula is C23H30F3N3O5S. The highest BCUT2D eigenvalue weighted by Crippen LogP contribution is 2.32. The number of alkyl halides is 2. The van der Waals surface area contributed by atoms with Gasteiger partial charge in [0.2, 0.25) is 0 Å². The molecule has 0 atom stereocenters. The second kappa shape index (κ2) is 10.6. The van der Waals surface area contributed by atoms with E-state index >= 15 is 0 Å². The van der Waals surface area contributed by atoms with Crippen LogP contribution in [-0.2, 0) is 25.6 Å². The van der Waals surface area contributed by atoms with Gasteiger partial charge in [0, 0.05) is 37.3 Å². The van der Waals surface area contributed by atoms with Crippen LogP contribution in [0.4, 0.5) is 18.0 Å². The quantitative estimate of drug-likeness (QED) is 0.494. The molecule has 35 heavy (non-hydrogen) atoms. The fourth-order valence-electron chi connectivity index (χ4n) is 3.88. The maximum absolute atomic E-state index is 13.8. The number of carbonyl (C=O) groups excluding carboxylic acids is 1. The Morgan fingerprint density at radius 3 is 2.46 bits per heavy atom. The molecule has 8 nitrogen and oxygen atoms in total. The second-order valence-corrected chi connectivity index (χ2v) is 11.1. The Morgan fingerprint density at radius 1 is 1.23 bits per heavy atom. The first kappa shape index (κ1) is 27.0. The molecule has 0 radical (unpaired) electrons. The van der Waals surface area contributed by atoms with E-state index < -0.39 is 39.6 Å². The number of carbonyl (C=O) groups is 1. The number of halogens is 3. The molecule has 1 amide bonds. The number of aromatic nitrogens is 2. The first-order valence-corrected chi connectivity index (χ1v) is 13.0. The summed E-state index contributed by atoms with van der Waals surface area (Å²) >= 11 is 0. The van der Waals surface area contributed by atoms with Crippen molar-refractivity contribution < 1.29 is 35.3 Å². The van der Waals surface area contributed by atoms with Gasteiger partial charge in [0.15, 0.2) is 0 Å². The first-order valence-electron chi connectivity index (χ1n) is 11.2. The maximum atomic E-state index is 13.8. The van der Waals surface area contributed by atoms with Gasteiger partial charge in [-0.15, -0.1) is 0 Å². The van der Waals surface area contributed by atoms with E-state index in [2.05, 4.69) is 4.98 Å². The van der Waals surface area contributed by atoms with Gasteiger partial charge in [-0.25, -0.2) is 22.9 Å². The molecule has 0 N–H and O–H groups in total. The lowest BCUT2D eigenvalue weighted by Gasteiger charge is -2.33. The van der Waals surface area contributed by atoms with Crippen LogP contribution in [-0.4, -0.2) is 60.5 Å².